The van der Waals surface area contributed by atoms with Crippen LogP contribution in [0.25, 0.3) is 10.9 Å². The van der Waals surface area contributed by atoms with Crippen LogP contribution in [0.5, 0.6) is 11.5 Å². The fourth-order valence-corrected chi connectivity index (χ4v) is 3.71. The predicted molar refractivity (Wildman–Crippen MR) is 128 cm³/mol. The molecule has 0 radical (unpaired) electrons. The Morgan fingerprint density at radius 1 is 1.03 bits per heavy atom. The number of rotatable bonds is 11. The number of aryl methyl sites for hydroxylation is 1. The van der Waals surface area contributed by atoms with E-state index in [4.69, 9.17) is 37.4 Å². The molecule has 2 N–H and O–H groups in total. The number of carboxylic acids is 1. The molecule has 1 heterocycles. The Kier molecular flexibility index (Phi) is 8.48. The number of halogens is 2. The molecule has 0 saturated carbocycles. The van der Waals surface area contributed by atoms with Crippen molar-refractivity contribution < 1.29 is 29.2 Å². The van der Waals surface area contributed by atoms with E-state index in [1.165, 1.54) is 0 Å². The Hall–Kier alpha value is -2.45. The Bertz CT molecular complexity index is 1110. The number of hydrogen-bond donors (Lipinski definition) is 2. The van der Waals surface area contributed by atoms with Crippen LogP contribution < -0.4 is 9.47 Å². The molecule has 3 aromatic rings. The van der Waals surface area contributed by atoms with Crippen LogP contribution in [0.2, 0.25) is 10.0 Å². The number of ether oxygens (including phenoxy) is 3. The van der Waals surface area contributed by atoms with Gasteiger partial charge >= 0.3 is 5.97 Å². The Labute approximate surface area is 202 Å². The van der Waals surface area contributed by atoms with Gasteiger partial charge in [0.2, 0.25) is 0 Å². The molecule has 1 aromatic heterocycles. The molecule has 2 unspecified atom stereocenters. The SMILES string of the molecule is CC(C)OC(Cc1cn(C)c2ccc(OCC(O)COc3ccc(Cl)c(Cl)c3)cc12)C(=O)O. The number of benzene rings is 2. The number of aliphatic hydroxyl groups is 1. The number of hydrogen-bond acceptors (Lipinski definition) is 5. The molecule has 0 bridgehead atoms. The molecule has 0 saturated heterocycles. The van der Waals surface area contributed by atoms with Gasteiger partial charge in [0.25, 0.3) is 0 Å². The number of aliphatic hydroxyl groups excluding tert-OH is 1. The monoisotopic (exact) mass is 495 g/mol. The molecule has 7 nitrogen and oxygen atoms in total. The van der Waals surface area contributed by atoms with Crippen LogP contribution in [0.3, 0.4) is 0 Å². The summed E-state index contributed by atoms with van der Waals surface area (Å²) in [4.78, 5) is 11.6. The first kappa shape index (κ1) is 25.2. The van der Waals surface area contributed by atoms with Crippen molar-refractivity contribution >= 4 is 40.1 Å². The van der Waals surface area contributed by atoms with E-state index in [1.807, 2.05) is 43.8 Å². The van der Waals surface area contributed by atoms with Crippen LogP contribution in [0.4, 0.5) is 0 Å². The van der Waals surface area contributed by atoms with Crippen molar-refractivity contribution in [2.45, 2.75) is 38.6 Å². The second-order valence-corrected chi connectivity index (χ2v) is 8.83. The molecule has 0 spiro atoms. The van der Waals surface area contributed by atoms with Gasteiger partial charge in [-0.2, -0.15) is 0 Å². The molecule has 0 amide bonds. The minimum absolute atomic E-state index is 0.0171. The Balaban J connectivity index is 1.65. The third-order valence-corrected chi connectivity index (χ3v) is 5.68. The van der Waals surface area contributed by atoms with Gasteiger partial charge in [-0.1, -0.05) is 23.2 Å². The smallest absolute Gasteiger partial charge is 0.333 e. The maximum absolute atomic E-state index is 11.6. The normalized spacial score (nSPS) is 13.3. The average molecular weight is 496 g/mol. The van der Waals surface area contributed by atoms with Gasteiger partial charge in [0.05, 0.1) is 16.1 Å². The quantitative estimate of drug-likeness (QED) is 0.399. The van der Waals surface area contributed by atoms with Gasteiger partial charge in [-0.3, -0.25) is 0 Å². The highest BCUT2D eigenvalue weighted by atomic mass is 35.5. The van der Waals surface area contributed by atoms with E-state index >= 15 is 0 Å². The van der Waals surface area contributed by atoms with E-state index in [0.717, 1.165) is 16.5 Å². The topological polar surface area (TPSA) is 90.2 Å². The number of fused-ring (bicyclic) bond motifs is 1. The standard InChI is InChI=1S/C24H27Cl2NO6/c1-14(2)33-23(24(29)30)8-15-11-27(3)22-7-5-17(9-19(15)22)31-12-16(28)13-32-18-4-6-20(25)21(26)10-18/h4-7,9-11,14,16,23,28H,8,12-13H2,1-3H3,(H,29,30). The van der Waals surface area contributed by atoms with E-state index in [1.54, 1.807) is 24.3 Å². The van der Waals surface area contributed by atoms with Gasteiger partial charge in [-0.05, 0) is 49.7 Å². The zero-order valence-electron chi connectivity index (χ0n) is 18.6. The van der Waals surface area contributed by atoms with Crippen LogP contribution in [0, 0.1) is 0 Å². The number of carbonyl (C=O) groups is 1. The van der Waals surface area contributed by atoms with Crippen molar-refractivity contribution in [3.8, 4) is 11.5 Å². The maximum atomic E-state index is 11.6. The van der Waals surface area contributed by atoms with Gasteiger partial charge in [-0.15, -0.1) is 0 Å². The first-order valence-corrected chi connectivity index (χ1v) is 11.2. The highest BCUT2D eigenvalue weighted by Crippen LogP contribution is 2.28. The van der Waals surface area contributed by atoms with Crippen molar-refractivity contribution in [2.75, 3.05) is 13.2 Å². The molecule has 2 aromatic carbocycles. The number of aromatic nitrogens is 1. The van der Waals surface area contributed by atoms with Crippen molar-refractivity contribution in [2.24, 2.45) is 7.05 Å². The first-order chi connectivity index (χ1) is 15.6. The fourth-order valence-electron chi connectivity index (χ4n) is 3.43. The van der Waals surface area contributed by atoms with E-state index in [9.17, 15) is 15.0 Å². The summed E-state index contributed by atoms with van der Waals surface area (Å²) in [7, 11) is 1.90. The van der Waals surface area contributed by atoms with Crippen LogP contribution in [-0.4, -0.2) is 52.3 Å². The molecular formula is C24H27Cl2NO6. The zero-order valence-corrected chi connectivity index (χ0v) is 20.1. The van der Waals surface area contributed by atoms with E-state index in [-0.39, 0.29) is 25.7 Å². The summed E-state index contributed by atoms with van der Waals surface area (Å²) in [6.45, 7) is 3.65. The molecule has 2 atom stereocenters. The summed E-state index contributed by atoms with van der Waals surface area (Å²) in [6.07, 6.45) is 0.108. The maximum Gasteiger partial charge on any atom is 0.333 e. The van der Waals surface area contributed by atoms with Crippen LogP contribution >= 0.6 is 23.2 Å². The Morgan fingerprint density at radius 3 is 2.27 bits per heavy atom. The number of carboxylic acid groups (broad SMARTS) is 1. The fraction of sp³-hybridized carbons (Fsp3) is 0.375. The molecule has 3 rings (SSSR count). The van der Waals surface area contributed by atoms with Crippen LogP contribution in [0.1, 0.15) is 19.4 Å². The summed E-state index contributed by atoms with van der Waals surface area (Å²) in [6, 6.07) is 10.4. The molecule has 0 aliphatic rings. The van der Waals surface area contributed by atoms with Crippen molar-refractivity contribution in [3.05, 3.63) is 58.2 Å². The van der Waals surface area contributed by atoms with Gasteiger partial charge < -0.3 is 29.0 Å². The number of aliphatic carboxylic acids is 1. The molecule has 0 aliphatic heterocycles. The lowest BCUT2D eigenvalue weighted by Gasteiger charge is -2.16. The zero-order chi connectivity index (χ0) is 24.1. The minimum Gasteiger partial charge on any atom is -0.491 e. The van der Waals surface area contributed by atoms with Gasteiger partial charge in [0, 0.05) is 36.6 Å². The van der Waals surface area contributed by atoms with Gasteiger partial charge in [0.15, 0.2) is 6.10 Å². The average Bonchev–Trinajstić information content (AvgIpc) is 3.07. The summed E-state index contributed by atoms with van der Waals surface area (Å²) < 4.78 is 18.8. The van der Waals surface area contributed by atoms with Gasteiger partial charge in [0.1, 0.15) is 30.8 Å². The predicted octanol–water partition coefficient (Wildman–Crippen LogP) is 4.72. The second kappa shape index (κ2) is 11.1. The summed E-state index contributed by atoms with van der Waals surface area (Å²) in [5.74, 6) is 0.0498. The summed E-state index contributed by atoms with van der Waals surface area (Å²) >= 11 is 11.9. The third kappa shape index (κ3) is 6.77. The van der Waals surface area contributed by atoms with Crippen molar-refractivity contribution in [1.82, 2.24) is 4.57 Å². The largest absolute Gasteiger partial charge is 0.491 e. The first-order valence-electron chi connectivity index (χ1n) is 10.5. The Morgan fingerprint density at radius 2 is 1.67 bits per heavy atom. The highest BCUT2D eigenvalue weighted by Gasteiger charge is 2.22. The van der Waals surface area contributed by atoms with E-state index in [0.29, 0.717) is 21.5 Å². The molecule has 0 fully saturated rings. The van der Waals surface area contributed by atoms with Crippen molar-refractivity contribution in [3.63, 3.8) is 0 Å². The van der Waals surface area contributed by atoms with Crippen LogP contribution in [0.15, 0.2) is 42.6 Å². The lowest BCUT2D eigenvalue weighted by molar-refractivity contribution is -0.153. The number of nitrogens with zero attached hydrogens (tertiary/aromatic N) is 1. The second-order valence-electron chi connectivity index (χ2n) is 8.01. The third-order valence-electron chi connectivity index (χ3n) is 4.94. The molecule has 0 aliphatic carbocycles. The summed E-state index contributed by atoms with van der Waals surface area (Å²) in [5, 5.41) is 21.4. The molecule has 33 heavy (non-hydrogen) atoms. The lowest BCUT2D eigenvalue weighted by Crippen LogP contribution is -2.29. The lowest BCUT2D eigenvalue weighted by atomic mass is 10.1. The van der Waals surface area contributed by atoms with Crippen LogP contribution in [-0.2, 0) is 23.0 Å². The summed E-state index contributed by atoms with van der Waals surface area (Å²) in [5.41, 5.74) is 1.78. The minimum atomic E-state index is -1.00. The van der Waals surface area contributed by atoms with Crippen molar-refractivity contribution in [1.29, 1.82) is 0 Å². The van der Waals surface area contributed by atoms with Gasteiger partial charge in [-0.25, -0.2) is 4.79 Å². The van der Waals surface area contributed by atoms with E-state index in [2.05, 4.69) is 0 Å². The molecule has 178 valence electrons. The van der Waals surface area contributed by atoms with E-state index < -0.39 is 18.2 Å². The highest BCUT2D eigenvalue weighted by molar-refractivity contribution is 6.42. The molecular weight excluding hydrogens is 469 g/mol. The molecule has 9 heteroatoms.